The van der Waals surface area contributed by atoms with Crippen LogP contribution in [0.5, 0.6) is 0 Å². The Bertz CT molecular complexity index is 1040. The second kappa shape index (κ2) is 6.49. The highest BCUT2D eigenvalue weighted by atomic mass is 35.5. The van der Waals surface area contributed by atoms with Crippen molar-refractivity contribution in [2.75, 3.05) is 0 Å². The molecular weight excluding hydrogens is 334 g/mol. The number of rotatable bonds is 4. The Balaban J connectivity index is 1.82. The Morgan fingerprint density at radius 3 is 2.48 bits per heavy atom. The van der Waals surface area contributed by atoms with Crippen LogP contribution in [0.15, 0.2) is 72.9 Å². The highest BCUT2D eigenvalue weighted by Gasteiger charge is 2.16. The van der Waals surface area contributed by atoms with E-state index >= 15 is 0 Å². The molecule has 2 aromatic carbocycles. The van der Waals surface area contributed by atoms with Crippen LogP contribution >= 0.6 is 11.6 Å². The van der Waals surface area contributed by atoms with Crippen LogP contribution in [0.4, 0.5) is 0 Å². The minimum absolute atomic E-state index is 0.0268. The normalized spacial score (nSPS) is 10.9. The Morgan fingerprint density at radius 1 is 0.960 bits per heavy atom. The van der Waals surface area contributed by atoms with E-state index < -0.39 is 0 Å². The molecule has 0 fully saturated rings. The molecule has 0 spiro atoms. The van der Waals surface area contributed by atoms with E-state index in [1.807, 2.05) is 71.3 Å². The van der Waals surface area contributed by atoms with Gasteiger partial charge in [0, 0.05) is 22.3 Å². The second-order valence-corrected chi connectivity index (χ2v) is 6.10. The molecule has 0 saturated carbocycles. The van der Waals surface area contributed by atoms with Crippen LogP contribution in [0, 0.1) is 0 Å². The molecule has 5 heteroatoms. The predicted molar refractivity (Wildman–Crippen MR) is 98.7 cm³/mol. The third-order valence-electron chi connectivity index (χ3n) is 4.02. The number of hydrogen-bond donors (Lipinski definition) is 0. The van der Waals surface area contributed by atoms with Gasteiger partial charge in [0.05, 0.1) is 12.1 Å². The van der Waals surface area contributed by atoms with E-state index in [0.717, 1.165) is 11.1 Å². The van der Waals surface area contributed by atoms with Gasteiger partial charge in [-0.05, 0) is 36.4 Å². The maximum Gasteiger partial charge on any atom is 0.182 e. The van der Waals surface area contributed by atoms with Gasteiger partial charge in [0.2, 0.25) is 0 Å². The molecular formula is C20H14ClN3O. The number of pyridine rings is 1. The van der Waals surface area contributed by atoms with Gasteiger partial charge >= 0.3 is 0 Å². The summed E-state index contributed by atoms with van der Waals surface area (Å²) in [5.41, 5.74) is 3.02. The number of carbonyl (C=O) groups excluding carboxylic acids is 1. The van der Waals surface area contributed by atoms with Crippen molar-refractivity contribution in [1.82, 2.24) is 14.5 Å². The van der Waals surface area contributed by atoms with Gasteiger partial charge in [0.1, 0.15) is 5.82 Å². The van der Waals surface area contributed by atoms with E-state index in [9.17, 15) is 4.79 Å². The van der Waals surface area contributed by atoms with Crippen molar-refractivity contribution in [2.24, 2.45) is 0 Å². The molecule has 0 saturated heterocycles. The zero-order valence-electron chi connectivity index (χ0n) is 13.3. The summed E-state index contributed by atoms with van der Waals surface area (Å²) in [7, 11) is 0. The van der Waals surface area contributed by atoms with E-state index in [1.165, 1.54) is 0 Å². The number of halogens is 1. The molecule has 0 aliphatic rings. The topological polar surface area (TPSA) is 47.8 Å². The maximum absolute atomic E-state index is 12.7. The molecule has 0 aliphatic heterocycles. The van der Waals surface area contributed by atoms with Gasteiger partial charge in [-0.2, -0.15) is 0 Å². The van der Waals surface area contributed by atoms with Crippen molar-refractivity contribution in [1.29, 1.82) is 0 Å². The zero-order valence-corrected chi connectivity index (χ0v) is 14.0. The van der Waals surface area contributed by atoms with Crippen LogP contribution in [0.3, 0.4) is 0 Å². The van der Waals surface area contributed by atoms with Crippen LogP contribution in [0.1, 0.15) is 10.4 Å². The molecule has 122 valence electrons. The number of benzene rings is 2. The fourth-order valence-corrected chi connectivity index (χ4v) is 2.92. The molecule has 4 aromatic rings. The average molecular weight is 348 g/mol. The average Bonchev–Trinajstić information content (AvgIpc) is 3.02. The molecule has 0 atom stereocenters. The number of aromatic nitrogens is 3. The van der Waals surface area contributed by atoms with E-state index in [0.29, 0.717) is 22.1 Å². The van der Waals surface area contributed by atoms with E-state index in [-0.39, 0.29) is 12.3 Å². The van der Waals surface area contributed by atoms with Crippen molar-refractivity contribution in [2.45, 2.75) is 6.54 Å². The molecule has 2 aromatic heterocycles. The number of Topliss-reactive ketones (excluding diaryl/α,β-unsaturated/α-hetero) is 1. The fraction of sp³-hybridized carbons (Fsp3) is 0.0500. The molecule has 0 radical (unpaired) electrons. The molecule has 0 aliphatic carbocycles. The van der Waals surface area contributed by atoms with E-state index in [1.54, 1.807) is 6.20 Å². The van der Waals surface area contributed by atoms with Gasteiger partial charge < -0.3 is 4.57 Å². The lowest BCUT2D eigenvalue weighted by Crippen LogP contribution is -2.11. The highest BCUT2D eigenvalue weighted by molar-refractivity contribution is 6.30. The van der Waals surface area contributed by atoms with Gasteiger partial charge in [-0.1, -0.05) is 41.9 Å². The van der Waals surface area contributed by atoms with Gasteiger partial charge in [0.15, 0.2) is 11.4 Å². The van der Waals surface area contributed by atoms with Crippen LogP contribution in [-0.2, 0) is 6.54 Å². The molecule has 0 unspecified atom stereocenters. The van der Waals surface area contributed by atoms with Crippen LogP contribution in [0.25, 0.3) is 22.6 Å². The molecule has 0 bridgehead atoms. The first kappa shape index (κ1) is 15.5. The van der Waals surface area contributed by atoms with Crippen LogP contribution in [-0.4, -0.2) is 20.3 Å². The van der Waals surface area contributed by atoms with Gasteiger partial charge in [-0.15, -0.1) is 0 Å². The van der Waals surface area contributed by atoms with Gasteiger partial charge in [-0.25, -0.2) is 9.97 Å². The first-order chi connectivity index (χ1) is 12.2. The summed E-state index contributed by atoms with van der Waals surface area (Å²) in [4.78, 5) is 21.6. The zero-order chi connectivity index (χ0) is 17.2. The summed E-state index contributed by atoms with van der Waals surface area (Å²) in [5, 5.41) is 0.657. The number of imidazole rings is 1. The summed E-state index contributed by atoms with van der Waals surface area (Å²) < 4.78 is 1.90. The molecule has 25 heavy (non-hydrogen) atoms. The van der Waals surface area contributed by atoms with Crippen molar-refractivity contribution in [3.63, 3.8) is 0 Å². The minimum atomic E-state index is 0.0268. The Hall–Kier alpha value is -2.98. The predicted octanol–water partition coefficient (Wildman–Crippen LogP) is 4.63. The maximum atomic E-state index is 12.7. The number of ketones is 1. The number of nitrogens with zero attached hydrogens (tertiary/aromatic N) is 3. The lowest BCUT2D eigenvalue weighted by Gasteiger charge is -2.09. The summed E-state index contributed by atoms with van der Waals surface area (Å²) in [6.07, 6.45) is 1.70. The largest absolute Gasteiger partial charge is 0.315 e. The smallest absolute Gasteiger partial charge is 0.182 e. The summed E-state index contributed by atoms with van der Waals surface area (Å²) in [5.74, 6) is 0.730. The quantitative estimate of drug-likeness (QED) is 0.505. The van der Waals surface area contributed by atoms with Gasteiger partial charge in [-0.3, -0.25) is 4.79 Å². The second-order valence-electron chi connectivity index (χ2n) is 5.66. The molecule has 2 heterocycles. The molecule has 4 nitrogen and oxygen atoms in total. The minimum Gasteiger partial charge on any atom is -0.315 e. The fourth-order valence-electron chi connectivity index (χ4n) is 2.80. The lowest BCUT2D eigenvalue weighted by atomic mass is 10.1. The van der Waals surface area contributed by atoms with Crippen molar-refractivity contribution in [3.8, 4) is 11.4 Å². The molecule has 0 amide bonds. The number of fused-ring (bicyclic) bond motifs is 1. The molecule has 0 N–H and O–H groups in total. The Labute approximate surface area is 149 Å². The SMILES string of the molecule is O=C(Cn1c(-c2ccc(Cl)cc2)nc2ncccc21)c1ccccc1. The van der Waals surface area contributed by atoms with Crippen molar-refractivity contribution >= 4 is 28.5 Å². The van der Waals surface area contributed by atoms with E-state index in [2.05, 4.69) is 9.97 Å². The summed E-state index contributed by atoms with van der Waals surface area (Å²) >= 11 is 5.99. The standard InChI is InChI=1S/C20H14ClN3O/c21-16-10-8-15(9-11-16)20-23-19-17(7-4-12-22-19)24(20)13-18(25)14-5-2-1-3-6-14/h1-12H,13H2. The third kappa shape index (κ3) is 3.04. The van der Waals surface area contributed by atoms with Crippen LogP contribution in [0.2, 0.25) is 5.02 Å². The highest BCUT2D eigenvalue weighted by Crippen LogP contribution is 2.25. The van der Waals surface area contributed by atoms with Crippen molar-refractivity contribution in [3.05, 3.63) is 83.5 Å². The third-order valence-corrected chi connectivity index (χ3v) is 4.28. The molecule has 4 rings (SSSR count). The van der Waals surface area contributed by atoms with Gasteiger partial charge in [0.25, 0.3) is 0 Å². The number of hydrogen-bond acceptors (Lipinski definition) is 3. The monoisotopic (exact) mass is 347 g/mol. The van der Waals surface area contributed by atoms with Crippen LogP contribution < -0.4 is 0 Å². The van der Waals surface area contributed by atoms with Crippen molar-refractivity contribution < 1.29 is 4.79 Å². The first-order valence-corrected chi connectivity index (χ1v) is 8.25. The summed E-state index contributed by atoms with van der Waals surface area (Å²) in [6.45, 7) is 0.199. The first-order valence-electron chi connectivity index (χ1n) is 7.88. The summed E-state index contributed by atoms with van der Waals surface area (Å²) in [6, 6.07) is 20.4. The Morgan fingerprint density at radius 2 is 1.72 bits per heavy atom. The lowest BCUT2D eigenvalue weighted by molar-refractivity contribution is 0.0974. The van der Waals surface area contributed by atoms with E-state index in [4.69, 9.17) is 11.6 Å². The Kier molecular flexibility index (Phi) is 4.04. The number of carbonyl (C=O) groups is 1.